The molecular formula is C16H24ClN3O3S. The fourth-order valence-corrected chi connectivity index (χ4v) is 4.67. The zero-order valence-corrected chi connectivity index (χ0v) is 15.2. The largest absolute Gasteiger partial charge is 0.326 e. The van der Waals surface area contributed by atoms with Gasteiger partial charge in [0.05, 0.1) is 10.8 Å². The topological polar surface area (TPSA) is 78.5 Å². The van der Waals surface area contributed by atoms with Crippen molar-refractivity contribution in [3.63, 3.8) is 0 Å². The van der Waals surface area contributed by atoms with Gasteiger partial charge < -0.3 is 10.6 Å². The van der Waals surface area contributed by atoms with E-state index in [0.29, 0.717) is 25.3 Å². The Balaban J connectivity index is 0.00000208. The average molecular weight is 374 g/mol. The number of carbonyl (C=O) groups is 1. The van der Waals surface area contributed by atoms with Crippen molar-refractivity contribution in [1.82, 2.24) is 9.62 Å². The number of piperidine rings is 1. The molecule has 2 saturated heterocycles. The summed E-state index contributed by atoms with van der Waals surface area (Å²) in [4.78, 5) is 12.4. The highest BCUT2D eigenvalue weighted by molar-refractivity contribution is 7.89. The van der Waals surface area contributed by atoms with Crippen LogP contribution in [0.3, 0.4) is 0 Å². The van der Waals surface area contributed by atoms with E-state index in [9.17, 15) is 13.2 Å². The Hall–Kier alpha value is -1.15. The third-order valence-electron chi connectivity index (χ3n) is 4.49. The van der Waals surface area contributed by atoms with Gasteiger partial charge in [-0.2, -0.15) is 4.31 Å². The number of nitrogens with one attached hydrogen (secondary N) is 2. The van der Waals surface area contributed by atoms with Crippen molar-refractivity contribution in [3.05, 3.63) is 24.3 Å². The zero-order chi connectivity index (χ0) is 16.3. The van der Waals surface area contributed by atoms with Gasteiger partial charge in [0.25, 0.3) is 0 Å². The first-order chi connectivity index (χ1) is 11.1. The Morgan fingerprint density at radius 1 is 1.21 bits per heavy atom. The maximum Gasteiger partial charge on any atom is 0.243 e. The normalized spacial score (nSPS) is 21.9. The van der Waals surface area contributed by atoms with Crippen molar-refractivity contribution in [2.45, 2.75) is 30.6 Å². The van der Waals surface area contributed by atoms with Crippen LogP contribution in [-0.4, -0.2) is 44.8 Å². The first kappa shape index (κ1) is 19.2. The molecule has 134 valence electrons. The molecule has 8 heteroatoms. The summed E-state index contributed by atoms with van der Waals surface area (Å²) < 4.78 is 26.9. The van der Waals surface area contributed by atoms with Crippen molar-refractivity contribution in [2.75, 3.05) is 31.5 Å². The fraction of sp³-hybridized carbons (Fsp3) is 0.562. The number of halogens is 1. The van der Waals surface area contributed by atoms with Crippen molar-refractivity contribution in [1.29, 1.82) is 0 Å². The molecule has 1 atom stereocenters. The average Bonchev–Trinajstić information content (AvgIpc) is 3.10. The van der Waals surface area contributed by atoms with Crippen LogP contribution in [0.25, 0.3) is 0 Å². The van der Waals surface area contributed by atoms with E-state index in [0.717, 1.165) is 32.2 Å². The molecule has 0 spiro atoms. The standard InChI is InChI=1S/C16H23N3O3S.ClH/c20-16(13-7-8-17-12-13)18-14-5-4-6-15(11-14)23(21,22)19-9-2-1-3-10-19;/h4-6,11,13,17H,1-3,7-10,12H2,(H,18,20);1H. The molecule has 1 aromatic carbocycles. The van der Waals surface area contributed by atoms with Crippen LogP contribution in [0.2, 0.25) is 0 Å². The van der Waals surface area contributed by atoms with Crippen LogP contribution in [0, 0.1) is 5.92 Å². The van der Waals surface area contributed by atoms with Crippen LogP contribution in [0.15, 0.2) is 29.2 Å². The lowest BCUT2D eigenvalue weighted by molar-refractivity contribution is -0.119. The van der Waals surface area contributed by atoms with E-state index in [1.54, 1.807) is 28.6 Å². The summed E-state index contributed by atoms with van der Waals surface area (Å²) in [5, 5.41) is 5.99. The van der Waals surface area contributed by atoms with E-state index in [2.05, 4.69) is 10.6 Å². The van der Waals surface area contributed by atoms with Crippen LogP contribution in [0.5, 0.6) is 0 Å². The van der Waals surface area contributed by atoms with Gasteiger partial charge >= 0.3 is 0 Å². The van der Waals surface area contributed by atoms with Gasteiger partial charge in [-0.3, -0.25) is 4.79 Å². The lowest BCUT2D eigenvalue weighted by Gasteiger charge is -2.26. The van der Waals surface area contributed by atoms with E-state index < -0.39 is 10.0 Å². The Morgan fingerprint density at radius 3 is 2.62 bits per heavy atom. The summed E-state index contributed by atoms with van der Waals surface area (Å²) in [5.41, 5.74) is 0.542. The molecule has 2 fully saturated rings. The third-order valence-corrected chi connectivity index (χ3v) is 6.38. The number of hydrogen-bond acceptors (Lipinski definition) is 4. The number of rotatable bonds is 4. The maximum atomic E-state index is 12.7. The Labute approximate surface area is 149 Å². The molecule has 2 heterocycles. The molecule has 2 aliphatic heterocycles. The number of anilines is 1. The number of nitrogens with zero attached hydrogens (tertiary/aromatic N) is 1. The van der Waals surface area contributed by atoms with E-state index >= 15 is 0 Å². The molecule has 0 aromatic heterocycles. The Bertz CT molecular complexity index is 669. The van der Waals surface area contributed by atoms with E-state index in [-0.39, 0.29) is 29.1 Å². The van der Waals surface area contributed by atoms with Crippen molar-refractivity contribution in [3.8, 4) is 0 Å². The summed E-state index contributed by atoms with van der Waals surface area (Å²) in [6, 6.07) is 6.57. The fourth-order valence-electron chi connectivity index (χ4n) is 3.11. The highest BCUT2D eigenvalue weighted by atomic mass is 35.5. The van der Waals surface area contributed by atoms with Gasteiger partial charge in [0.15, 0.2) is 0 Å². The van der Waals surface area contributed by atoms with Gasteiger partial charge in [0.2, 0.25) is 15.9 Å². The van der Waals surface area contributed by atoms with Crippen molar-refractivity contribution < 1.29 is 13.2 Å². The minimum atomic E-state index is -3.47. The first-order valence-corrected chi connectivity index (χ1v) is 9.63. The van der Waals surface area contributed by atoms with E-state index in [1.165, 1.54) is 0 Å². The highest BCUT2D eigenvalue weighted by Crippen LogP contribution is 2.23. The molecule has 3 rings (SSSR count). The predicted octanol–water partition coefficient (Wildman–Crippen LogP) is 1.83. The molecule has 1 unspecified atom stereocenters. The molecule has 2 N–H and O–H groups in total. The number of sulfonamides is 1. The van der Waals surface area contributed by atoms with Crippen molar-refractivity contribution >= 4 is 34.0 Å². The van der Waals surface area contributed by atoms with Gasteiger partial charge in [-0.25, -0.2) is 8.42 Å². The summed E-state index contributed by atoms with van der Waals surface area (Å²) in [6.45, 7) is 2.68. The SMILES string of the molecule is Cl.O=C(Nc1cccc(S(=O)(=O)N2CCCCC2)c1)C1CCNC1. The number of benzene rings is 1. The van der Waals surface area contributed by atoms with Gasteiger partial charge in [-0.1, -0.05) is 12.5 Å². The number of hydrogen-bond donors (Lipinski definition) is 2. The monoisotopic (exact) mass is 373 g/mol. The minimum absolute atomic E-state index is 0. The second kappa shape index (κ2) is 8.29. The predicted molar refractivity (Wildman–Crippen MR) is 95.9 cm³/mol. The first-order valence-electron chi connectivity index (χ1n) is 8.19. The second-order valence-electron chi connectivity index (χ2n) is 6.17. The van der Waals surface area contributed by atoms with Crippen molar-refractivity contribution in [2.24, 2.45) is 5.92 Å². The molecule has 6 nitrogen and oxygen atoms in total. The molecule has 0 radical (unpaired) electrons. The molecule has 24 heavy (non-hydrogen) atoms. The van der Waals surface area contributed by atoms with Crippen LogP contribution in [0.1, 0.15) is 25.7 Å². The summed E-state index contributed by atoms with van der Waals surface area (Å²) >= 11 is 0. The molecule has 1 amide bonds. The van der Waals surface area contributed by atoms with Gasteiger partial charge in [-0.05, 0) is 44.0 Å². The summed E-state index contributed by atoms with van der Waals surface area (Å²) in [7, 11) is -3.47. The van der Waals surface area contributed by atoms with Crippen LogP contribution in [-0.2, 0) is 14.8 Å². The molecule has 1 aromatic rings. The van der Waals surface area contributed by atoms with Crippen LogP contribution >= 0.6 is 12.4 Å². The van der Waals surface area contributed by atoms with Gasteiger partial charge in [0, 0.05) is 25.3 Å². The van der Waals surface area contributed by atoms with E-state index in [4.69, 9.17) is 0 Å². The second-order valence-corrected chi connectivity index (χ2v) is 8.11. The van der Waals surface area contributed by atoms with Gasteiger partial charge in [0.1, 0.15) is 0 Å². The van der Waals surface area contributed by atoms with Gasteiger partial charge in [-0.15, -0.1) is 12.4 Å². The molecule has 0 bridgehead atoms. The van der Waals surface area contributed by atoms with E-state index in [1.807, 2.05) is 0 Å². The third kappa shape index (κ3) is 4.27. The minimum Gasteiger partial charge on any atom is -0.326 e. The van der Waals surface area contributed by atoms with Crippen LogP contribution < -0.4 is 10.6 Å². The smallest absolute Gasteiger partial charge is 0.243 e. The Kier molecular flexibility index (Phi) is 6.62. The Morgan fingerprint density at radius 2 is 1.96 bits per heavy atom. The molecule has 0 saturated carbocycles. The number of amides is 1. The number of carbonyl (C=O) groups excluding carboxylic acids is 1. The molecular weight excluding hydrogens is 350 g/mol. The molecule has 0 aliphatic carbocycles. The highest BCUT2D eigenvalue weighted by Gasteiger charge is 2.27. The lowest BCUT2D eigenvalue weighted by atomic mass is 10.1. The molecule has 2 aliphatic rings. The summed E-state index contributed by atoms with van der Waals surface area (Å²) in [6.07, 6.45) is 3.71. The quantitative estimate of drug-likeness (QED) is 0.844. The summed E-state index contributed by atoms with van der Waals surface area (Å²) in [5.74, 6) is -0.0973. The van der Waals surface area contributed by atoms with Crippen LogP contribution in [0.4, 0.5) is 5.69 Å². The lowest BCUT2D eigenvalue weighted by Crippen LogP contribution is -2.35. The zero-order valence-electron chi connectivity index (χ0n) is 13.5. The maximum absolute atomic E-state index is 12.7.